The summed E-state index contributed by atoms with van der Waals surface area (Å²) in [6.45, 7) is 5.26. The van der Waals surface area contributed by atoms with Gasteiger partial charge in [-0.05, 0) is 78.7 Å². The number of hydrogen-bond donors (Lipinski definition) is 1. The molecule has 0 aromatic heterocycles. The molecule has 1 unspecified atom stereocenters. The third-order valence-corrected chi connectivity index (χ3v) is 14.2. The Bertz CT molecular complexity index is 2340. The zero-order valence-corrected chi connectivity index (χ0v) is 34.2. The van der Waals surface area contributed by atoms with Crippen LogP contribution in [-0.4, -0.2) is 108 Å². The molecule has 58 heavy (non-hydrogen) atoms. The molecule has 6 aliphatic rings. The monoisotopic (exact) mass is 802 g/mol. The SMILES string of the molecule is CO/N=C(/CSCC1c2ccccc2-c2ccccc21)C(=O)OC[C@H]1C2=C3OCOC3=C(C)C(=O)[C@@]2(O)CC2[C@H]3c4c(cc(C)c(OC)c4C)C[C@@H]([C@H](C#N)N21)N3C. The standard InChI is InChI=1S/C45H46N4O8S/c1-23-15-26-16-33-35(18-46)49-34(39(48(33)4)37(26)24(2)40(23)53-5)17-45(52)38(42-41(56-22-57-42)25(3)43(45)50)36(49)19-55-44(51)32(47-54-6)21-58-20-31-29-13-9-7-11-27(29)28-12-8-10-14-30(28)31/h7-15,31,33-36,39,52H,16-17,19-22H2,1-6H3/b47-32-/t33-,34?,35-,36-,39-,45+/m0/s1. The van der Waals surface area contributed by atoms with E-state index in [4.69, 9.17) is 23.8 Å². The Morgan fingerprint density at radius 1 is 1.05 bits per heavy atom. The van der Waals surface area contributed by atoms with E-state index in [9.17, 15) is 20.0 Å². The lowest BCUT2D eigenvalue weighted by molar-refractivity contribution is -0.155. The molecule has 4 aliphatic heterocycles. The fourth-order valence-corrected chi connectivity index (χ4v) is 11.9. The number of fused-ring (bicyclic) bond motifs is 11. The lowest BCUT2D eigenvalue weighted by Gasteiger charge is -2.62. The van der Waals surface area contributed by atoms with E-state index in [1.165, 1.54) is 29.4 Å². The lowest BCUT2D eigenvalue weighted by atomic mass is 9.64. The van der Waals surface area contributed by atoms with Crippen molar-refractivity contribution in [2.24, 2.45) is 5.16 Å². The van der Waals surface area contributed by atoms with Crippen LogP contribution in [0.25, 0.3) is 11.1 Å². The van der Waals surface area contributed by atoms with Crippen LogP contribution in [0, 0.1) is 25.2 Å². The molecule has 13 heteroatoms. The molecule has 3 aromatic rings. The summed E-state index contributed by atoms with van der Waals surface area (Å²) < 4.78 is 23.9. The third kappa shape index (κ3) is 5.63. The molecule has 4 heterocycles. The van der Waals surface area contributed by atoms with Crippen LogP contribution in [0.4, 0.5) is 0 Å². The van der Waals surface area contributed by atoms with E-state index >= 15 is 0 Å². The van der Waals surface area contributed by atoms with Crippen molar-refractivity contribution in [3.8, 4) is 22.9 Å². The predicted octanol–water partition coefficient (Wildman–Crippen LogP) is 5.50. The molecule has 1 N–H and O–H groups in total. The number of carbonyl (C=O) groups is 2. The predicted molar refractivity (Wildman–Crippen MR) is 217 cm³/mol. The molecular weight excluding hydrogens is 757 g/mol. The molecule has 9 rings (SSSR count). The van der Waals surface area contributed by atoms with Crippen molar-refractivity contribution in [3.63, 3.8) is 0 Å². The Balaban J connectivity index is 1.05. The van der Waals surface area contributed by atoms with Crippen molar-refractivity contribution in [1.29, 1.82) is 5.26 Å². The number of carbonyl (C=O) groups excluding carboxylic acids is 2. The fraction of sp³-hybridized carbons (Fsp3) is 0.422. The summed E-state index contributed by atoms with van der Waals surface area (Å²) in [5.74, 6) is 1.16. The smallest absolute Gasteiger partial charge is 0.357 e. The van der Waals surface area contributed by atoms with Crippen LogP contribution in [0.5, 0.6) is 5.75 Å². The summed E-state index contributed by atoms with van der Waals surface area (Å²) in [5, 5.41) is 27.9. The molecular formula is C45H46N4O8S. The summed E-state index contributed by atoms with van der Waals surface area (Å²) >= 11 is 1.56. The first kappa shape index (κ1) is 38.4. The molecule has 2 bridgehead atoms. The van der Waals surface area contributed by atoms with Crippen LogP contribution in [0.1, 0.15) is 58.7 Å². The third-order valence-electron chi connectivity index (χ3n) is 13.1. The first-order chi connectivity index (χ1) is 28.0. The number of ketones is 1. The maximum Gasteiger partial charge on any atom is 0.357 e. The Morgan fingerprint density at radius 3 is 2.41 bits per heavy atom. The highest BCUT2D eigenvalue weighted by Gasteiger charge is 2.64. The fourth-order valence-electron chi connectivity index (χ4n) is 10.8. The number of piperazine rings is 1. The van der Waals surface area contributed by atoms with Crippen LogP contribution in [0.15, 0.2) is 82.4 Å². The van der Waals surface area contributed by atoms with Gasteiger partial charge in [0.05, 0.1) is 25.3 Å². The zero-order chi connectivity index (χ0) is 40.6. The Morgan fingerprint density at radius 2 is 1.74 bits per heavy atom. The van der Waals surface area contributed by atoms with Gasteiger partial charge in [-0.1, -0.05) is 59.8 Å². The van der Waals surface area contributed by atoms with Crippen LogP contribution < -0.4 is 4.74 Å². The number of aliphatic hydroxyl groups is 1. The van der Waals surface area contributed by atoms with E-state index in [0.717, 1.165) is 28.0 Å². The van der Waals surface area contributed by atoms with Crippen molar-refractivity contribution in [3.05, 3.63) is 111 Å². The number of piperidine rings is 1. The Kier molecular flexibility index (Phi) is 9.67. The summed E-state index contributed by atoms with van der Waals surface area (Å²) in [7, 11) is 5.05. The number of likely N-dealkylation sites (N-methyl/N-ethyl adjacent to an activating group) is 1. The van der Waals surface area contributed by atoms with Crippen LogP contribution in [0.3, 0.4) is 0 Å². The van der Waals surface area contributed by atoms with Crippen molar-refractivity contribution >= 4 is 29.2 Å². The normalized spacial score (nSPS) is 27.3. The molecule has 2 aliphatic carbocycles. The number of thioether (sulfide) groups is 1. The quantitative estimate of drug-likeness (QED) is 0.166. The maximum atomic E-state index is 14.4. The Labute approximate surface area is 342 Å². The molecule has 3 saturated heterocycles. The number of oxime groups is 1. The maximum absolute atomic E-state index is 14.4. The highest BCUT2D eigenvalue weighted by Crippen LogP contribution is 2.55. The number of nitriles is 1. The van der Waals surface area contributed by atoms with Gasteiger partial charge < -0.3 is 28.9 Å². The number of hydrogen-bond acceptors (Lipinski definition) is 13. The van der Waals surface area contributed by atoms with Gasteiger partial charge in [-0.15, -0.1) is 0 Å². The molecule has 0 saturated carbocycles. The molecule has 3 aromatic carbocycles. The molecule has 0 spiro atoms. The average molecular weight is 803 g/mol. The number of ether oxygens (including phenoxy) is 4. The number of esters is 1. The van der Waals surface area contributed by atoms with E-state index in [0.29, 0.717) is 12.2 Å². The van der Waals surface area contributed by atoms with Gasteiger partial charge in [-0.3, -0.25) is 14.6 Å². The van der Waals surface area contributed by atoms with Crippen molar-refractivity contribution in [2.75, 3.05) is 46.2 Å². The van der Waals surface area contributed by atoms with Crippen molar-refractivity contribution in [2.45, 2.75) is 75.3 Å². The molecule has 6 atom stereocenters. The number of rotatable bonds is 9. The Hall–Kier alpha value is -5.13. The zero-order valence-electron chi connectivity index (χ0n) is 33.4. The highest BCUT2D eigenvalue weighted by molar-refractivity contribution is 8.00. The number of nitrogens with zero attached hydrogens (tertiary/aromatic N) is 4. The topological polar surface area (TPSA) is 143 Å². The van der Waals surface area contributed by atoms with E-state index in [-0.39, 0.29) is 72.0 Å². The van der Waals surface area contributed by atoms with E-state index in [2.05, 4.69) is 75.6 Å². The average Bonchev–Trinajstić information content (AvgIpc) is 3.83. The van der Waals surface area contributed by atoms with Gasteiger partial charge in [0.1, 0.15) is 25.5 Å². The summed E-state index contributed by atoms with van der Waals surface area (Å²) in [6, 6.07) is 18.8. The number of methoxy groups -OCH3 is 1. The van der Waals surface area contributed by atoms with Gasteiger partial charge in [0.15, 0.2) is 28.6 Å². The summed E-state index contributed by atoms with van der Waals surface area (Å²) in [5.41, 5.74) is 7.67. The number of Topliss-reactive ketones (excluding diaryl/α,β-unsaturated/α-hetero) is 1. The van der Waals surface area contributed by atoms with Gasteiger partial charge in [-0.25, -0.2) is 4.79 Å². The van der Waals surface area contributed by atoms with Crippen molar-refractivity contribution < 1.29 is 38.5 Å². The van der Waals surface area contributed by atoms with Gasteiger partial charge in [0.2, 0.25) is 6.79 Å². The molecule has 300 valence electrons. The highest BCUT2D eigenvalue weighted by atomic mass is 32.2. The van der Waals surface area contributed by atoms with E-state index < -0.39 is 35.5 Å². The second-order valence-corrected chi connectivity index (χ2v) is 17.0. The summed E-state index contributed by atoms with van der Waals surface area (Å²) in [6.07, 6.45) is 0.581. The largest absolute Gasteiger partial charge is 0.496 e. The van der Waals surface area contributed by atoms with Gasteiger partial charge in [-0.2, -0.15) is 17.0 Å². The minimum Gasteiger partial charge on any atom is -0.496 e. The molecule has 0 amide bonds. The van der Waals surface area contributed by atoms with Gasteiger partial charge >= 0.3 is 5.97 Å². The van der Waals surface area contributed by atoms with Crippen LogP contribution >= 0.6 is 11.8 Å². The van der Waals surface area contributed by atoms with Gasteiger partial charge in [0, 0.05) is 47.1 Å². The van der Waals surface area contributed by atoms with Crippen LogP contribution in [0.2, 0.25) is 0 Å². The molecule has 0 radical (unpaired) electrons. The number of benzene rings is 3. The number of aryl methyl sites for hydroxylation is 1. The van der Waals surface area contributed by atoms with E-state index in [1.54, 1.807) is 25.8 Å². The van der Waals surface area contributed by atoms with Crippen LogP contribution in [-0.2, 0) is 35.1 Å². The first-order valence-corrected chi connectivity index (χ1v) is 20.8. The second-order valence-electron chi connectivity index (χ2n) is 16.0. The second kappa shape index (κ2) is 14.6. The first-order valence-electron chi connectivity index (χ1n) is 19.6. The lowest BCUT2D eigenvalue weighted by Crippen LogP contribution is -2.74. The minimum absolute atomic E-state index is 0.0154. The van der Waals surface area contributed by atoms with Crippen molar-refractivity contribution in [1.82, 2.24) is 9.80 Å². The molecule has 3 fully saturated rings. The van der Waals surface area contributed by atoms with Gasteiger partial charge in [0.25, 0.3) is 0 Å². The minimum atomic E-state index is -2.02. The molecule has 12 nitrogen and oxygen atoms in total. The summed E-state index contributed by atoms with van der Waals surface area (Å²) in [4.78, 5) is 37.9. The van der Waals surface area contributed by atoms with E-state index in [1.807, 2.05) is 20.9 Å².